The number of pyridine rings is 1. The first-order valence-electron chi connectivity index (χ1n) is 6.33. The molecule has 4 nitrogen and oxygen atoms in total. The van der Waals surface area contributed by atoms with Crippen molar-refractivity contribution in [2.75, 3.05) is 0 Å². The van der Waals surface area contributed by atoms with Crippen molar-refractivity contribution >= 4 is 5.97 Å². The highest BCUT2D eigenvalue weighted by molar-refractivity contribution is 5.90. The molecule has 5 heteroatoms. The number of hydrogen-bond acceptors (Lipinski definition) is 3. The molecule has 1 aromatic heterocycles. The topological polar surface area (TPSA) is 59.4 Å². The predicted molar refractivity (Wildman–Crippen MR) is 69.7 cm³/mol. The molecule has 0 saturated heterocycles. The highest BCUT2D eigenvalue weighted by Gasteiger charge is 2.16. The van der Waals surface area contributed by atoms with Gasteiger partial charge in [-0.1, -0.05) is 6.07 Å². The fraction of sp³-hybridized carbons (Fsp3) is 0.200. The van der Waals surface area contributed by atoms with Gasteiger partial charge in [-0.25, -0.2) is 14.2 Å². The van der Waals surface area contributed by atoms with Crippen molar-refractivity contribution in [1.82, 2.24) is 4.98 Å². The zero-order chi connectivity index (χ0) is 14.1. The third-order valence-corrected chi connectivity index (χ3v) is 3.29. The standard InChI is InChI=1S/C15H12FNO3/c16-10-5-6-11(15(18)19)13(8-10)20-14-7-4-9-2-1-3-12(9)17-14/h4-8H,1-3H2,(H,18,19). The van der Waals surface area contributed by atoms with Gasteiger partial charge in [-0.05, 0) is 37.0 Å². The van der Waals surface area contributed by atoms with E-state index in [1.54, 1.807) is 6.07 Å². The van der Waals surface area contributed by atoms with Crippen LogP contribution in [-0.4, -0.2) is 16.1 Å². The van der Waals surface area contributed by atoms with Crippen LogP contribution in [0.15, 0.2) is 30.3 Å². The van der Waals surface area contributed by atoms with Gasteiger partial charge in [-0.15, -0.1) is 0 Å². The quantitative estimate of drug-likeness (QED) is 0.932. The second-order valence-corrected chi connectivity index (χ2v) is 4.66. The maximum atomic E-state index is 13.2. The SMILES string of the molecule is O=C(O)c1ccc(F)cc1Oc1ccc2c(n1)CCC2. The lowest BCUT2D eigenvalue weighted by Crippen LogP contribution is -2.01. The molecule has 0 amide bonds. The molecule has 0 saturated carbocycles. The van der Waals surface area contributed by atoms with Gasteiger partial charge in [0.15, 0.2) is 0 Å². The molecule has 1 heterocycles. The second-order valence-electron chi connectivity index (χ2n) is 4.66. The molecule has 0 atom stereocenters. The third kappa shape index (κ3) is 2.34. The van der Waals surface area contributed by atoms with E-state index >= 15 is 0 Å². The van der Waals surface area contributed by atoms with Crippen LogP contribution in [-0.2, 0) is 12.8 Å². The van der Waals surface area contributed by atoms with Gasteiger partial charge in [-0.3, -0.25) is 0 Å². The average molecular weight is 273 g/mol. The summed E-state index contributed by atoms with van der Waals surface area (Å²) in [7, 11) is 0. The molecule has 1 aliphatic rings. The monoisotopic (exact) mass is 273 g/mol. The normalized spacial score (nSPS) is 13.1. The highest BCUT2D eigenvalue weighted by Crippen LogP contribution is 2.28. The number of hydrogen-bond donors (Lipinski definition) is 1. The first kappa shape index (κ1) is 12.6. The third-order valence-electron chi connectivity index (χ3n) is 3.29. The van der Waals surface area contributed by atoms with Gasteiger partial charge in [0.25, 0.3) is 0 Å². The Morgan fingerprint density at radius 2 is 2.10 bits per heavy atom. The number of halogens is 1. The maximum Gasteiger partial charge on any atom is 0.339 e. The Bertz CT molecular complexity index is 685. The van der Waals surface area contributed by atoms with Crippen LogP contribution in [0.5, 0.6) is 11.6 Å². The predicted octanol–water partition coefficient (Wildman–Crippen LogP) is 3.20. The summed E-state index contributed by atoms with van der Waals surface area (Å²) in [6, 6.07) is 6.93. The lowest BCUT2D eigenvalue weighted by atomic mass is 10.2. The van der Waals surface area contributed by atoms with Gasteiger partial charge in [0.1, 0.15) is 17.1 Å². The zero-order valence-electron chi connectivity index (χ0n) is 10.6. The molecule has 0 radical (unpaired) electrons. The lowest BCUT2D eigenvalue weighted by molar-refractivity contribution is 0.0694. The largest absolute Gasteiger partial charge is 0.478 e. The van der Waals surface area contributed by atoms with Gasteiger partial charge in [0, 0.05) is 17.8 Å². The van der Waals surface area contributed by atoms with Crippen LogP contribution in [0, 0.1) is 5.82 Å². The minimum Gasteiger partial charge on any atom is -0.478 e. The Labute approximate surface area is 114 Å². The lowest BCUT2D eigenvalue weighted by Gasteiger charge is -2.09. The molecule has 1 aromatic carbocycles. The van der Waals surface area contributed by atoms with Crippen molar-refractivity contribution < 1.29 is 19.0 Å². The van der Waals surface area contributed by atoms with Crippen LogP contribution < -0.4 is 4.74 Å². The number of carboxylic acids is 1. The molecule has 0 unspecified atom stereocenters. The van der Waals surface area contributed by atoms with E-state index < -0.39 is 11.8 Å². The number of benzene rings is 1. The molecule has 0 bridgehead atoms. The van der Waals surface area contributed by atoms with E-state index in [2.05, 4.69) is 4.98 Å². The van der Waals surface area contributed by atoms with Gasteiger partial charge < -0.3 is 9.84 Å². The number of carboxylic acid groups (broad SMARTS) is 1. The summed E-state index contributed by atoms with van der Waals surface area (Å²) >= 11 is 0. The number of aromatic nitrogens is 1. The number of fused-ring (bicyclic) bond motifs is 1. The van der Waals surface area contributed by atoms with E-state index in [4.69, 9.17) is 9.84 Å². The highest BCUT2D eigenvalue weighted by atomic mass is 19.1. The number of ether oxygens (including phenoxy) is 1. The Morgan fingerprint density at radius 1 is 1.25 bits per heavy atom. The summed E-state index contributed by atoms with van der Waals surface area (Å²) in [5, 5.41) is 9.07. The summed E-state index contributed by atoms with van der Waals surface area (Å²) in [5.41, 5.74) is 2.07. The summed E-state index contributed by atoms with van der Waals surface area (Å²) < 4.78 is 18.7. The molecule has 0 fully saturated rings. The minimum absolute atomic E-state index is 0.0389. The molecule has 0 aliphatic heterocycles. The summed E-state index contributed by atoms with van der Waals surface area (Å²) in [6.45, 7) is 0. The average Bonchev–Trinajstić information content (AvgIpc) is 2.85. The van der Waals surface area contributed by atoms with E-state index in [1.807, 2.05) is 6.07 Å². The van der Waals surface area contributed by atoms with Gasteiger partial charge in [-0.2, -0.15) is 0 Å². The van der Waals surface area contributed by atoms with Crippen molar-refractivity contribution in [3.8, 4) is 11.6 Å². The van der Waals surface area contributed by atoms with Gasteiger partial charge in [0.2, 0.25) is 5.88 Å². The Kier molecular flexibility index (Phi) is 3.10. The summed E-state index contributed by atoms with van der Waals surface area (Å²) in [6.07, 6.45) is 2.95. The van der Waals surface area contributed by atoms with E-state index in [9.17, 15) is 9.18 Å². The Balaban J connectivity index is 1.95. The molecular formula is C15H12FNO3. The van der Waals surface area contributed by atoms with Gasteiger partial charge >= 0.3 is 5.97 Å². The van der Waals surface area contributed by atoms with Crippen molar-refractivity contribution in [1.29, 1.82) is 0 Å². The molecule has 102 valence electrons. The number of nitrogens with zero attached hydrogens (tertiary/aromatic N) is 1. The van der Waals surface area contributed by atoms with E-state index in [-0.39, 0.29) is 11.3 Å². The van der Waals surface area contributed by atoms with Crippen LogP contribution >= 0.6 is 0 Å². The van der Waals surface area contributed by atoms with Crippen LogP contribution in [0.25, 0.3) is 0 Å². The second kappa shape index (κ2) is 4.92. The van der Waals surface area contributed by atoms with E-state index in [0.717, 1.165) is 37.1 Å². The maximum absolute atomic E-state index is 13.2. The van der Waals surface area contributed by atoms with E-state index in [0.29, 0.717) is 5.88 Å². The summed E-state index contributed by atoms with van der Waals surface area (Å²) in [5.74, 6) is -1.46. The van der Waals surface area contributed by atoms with Crippen LogP contribution in [0.1, 0.15) is 28.0 Å². The number of rotatable bonds is 3. The van der Waals surface area contributed by atoms with Crippen LogP contribution in [0.4, 0.5) is 4.39 Å². The summed E-state index contributed by atoms with van der Waals surface area (Å²) in [4.78, 5) is 15.4. The molecule has 2 aromatic rings. The first-order valence-corrected chi connectivity index (χ1v) is 6.33. The Morgan fingerprint density at radius 3 is 2.90 bits per heavy atom. The fourth-order valence-electron chi connectivity index (χ4n) is 2.33. The minimum atomic E-state index is -1.17. The van der Waals surface area contributed by atoms with Crippen molar-refractivity contribution in [2.24, 2.45) is 0 Å². The van der Waals surface area contributed by atoms with E-state index in [1.165, 1.54) is 11.6 Å². The van der Waals surface area contributed by atoms with Crippen molar-refractivity contribution in [3.05, 3.63) is 53.0 Å². The molecular weight excluding hydrogens is 261 g/mol. The van der Waals surface area contributed by atoms with Crippen molar-refractivity contribution in [3.63, 3.8) is 0 Å². The molecule has 1 aliphatic carbocycles. The first-order chi connectivity index (χ1) is 9.63. The van der Waals surface area contributed by atoms with Gasteiger partial charge in [0.05, 0.1) is 0 Å². The zero-order valence-corrected chi connectivity index (χ0v) is 10.6. The number of aromatic carboxylic acids is 1. The number of carbonyl (C=O) groups is 1. The molecule has 3 rings (SSSR count). The smallest absolute Gasteiger partial charge is 0.339 e. The fourth-order valence-corrected chi connectivity index (χ4v) is 2.33. The number of aryl methyl sites for hydroxylation is 2. The molecule has 20 heavy (non-hydrogen) atoms. The Hall–Kier alpha value is -2.43. The molecule has 1 N–H and O–H groups in total. The molecule has 0 spiro atoms. The van der Waals surface area contributed by atoms with Crippen LogP contribution in [0.2, 0.25) is 0 Å². The van der Waals surface area contributed by atoms with Crippen molar-refractivity contribution in [2.45, 2.75) is 19.3 Å². The van der Waals surface area contributed by atoms with Crippen LogP contribution in [0.3, 0.4) is 0 Å².